The van der Waals surface area contributed by atoms with E-state index in [2.05, 4.69) is 11.8 Å². The maximum atomic E-state index is 12.8. The van der Waals surface area contributed by atoms with Gasteiger partial charge in [-0.05, 0) is 25.5 Å². The van der Waals surface area contributed by atoms with Crippen molar-refractivity contribution < 1.29 is 18.3 Å². The third-order valence-electron chi connectivity index (χ3n) is 2.30. The molecular weight excluding hydrogens is 243 g/mol. The number of nitrogens with two attached hydrogens (primary N) is 1. The molecule has 1 aromatic carbocycles. The Kier molecular flexibility index (Phi) is 4.38. The van der Waals surface area contributed by atoms with Crippen LogP contribution in [0.1, 0.15) is 36.6 Å². The minimum atomic E-state index is -4.49. The van der Waals surface area contributed by atoms with E-state index in [1.54, 1.807) is 6.92 Å². The van der Waals surface area contributed by atoms with Crippen molar-refractivity contribution in [1.29, 1.82) is 0 Å². The molecule has 5 heteroatoms. The quantitative estimate of drug-likeness (QED) is 0.759. The Balaban J connectivity index is 3.46. The van der Waals surface area contributed by atoms with Crippen molar-refractivity contribution in [3.63, 3.8) is 0 Å². The first-order valence-corrected chi connectivity index (χ1v) is 5.38. The standard InChI is InChI=1S/C13H14F3NO/c1-8(18)6-7-11-10(9(2)17)4-3-5-12(11)13(14,15)16/h3-5,8-9,18H,17H2,1-2H3/t8-,9-/m1/s1. The summed E-state index contributed by atoms with van der Waals surface area (Å²) in [5.74, 6) is 4.69. The van der Waals surface area contributed by atoms with E-state index in [1.165, 1.54) is 19.1 Å². The van der Waals surface area contributed by atoms with Gasteiger partial charge in [0.25, 0.3) is 0 Å². The predicted molar refractivity (Wildman–Crippen MR) is 62.6 cm³/mol. The molecule has 98 valence electrons. The summed E-state index contributed by atoms with van der Waals surface area (Å²) >= 11 is 0. The molecular formula is C13H14F3NO. The topological polar surface area (TPSA) is 46.2 Å². The zero-order valence-electron chi connectivity index (χ0n) is 10.0. The molecule has 0 fully saturated rings. The molecule has 0 aliphatic carbocycles. The molecule has 2 nitrogen and oxygen atoms in total. The summed E-state index contributed by atoms with van der Waals surface area (Å²) in [5, 5.41) is 9.05. The lowest BCUT2D eigenvalue weighted by Crippen LogP contribution is -2.14. The first-order chi connectivity index (χ1) is 8.23. The molecule has 1 rings (SSSR count). The molecule has 0 unspecified atom stereocenters. The fourth-order valence-electron chi connectivity index (χ4n) is 1.50. The van der Waals surface area contributed by atoms with Crippen molar-refractivity contribution >= 4 is 0 Å². The number of benzene rings is 1. The molecule has 0 bridgehead atoms. The molecule has 1 aromatic rings. The van der Waals surface area contributed by atoms with E-state index in [0.717, 1.165) is 6.07 Å². The summed E-state index contributed by atoms with van der Waals surface area (Å²) in [6.07, 6.45) is -5.49. The Bertz CT molecular complexity index is 481. The molecule has 0 spiro atoms. The number of halogens is 3. The number of rotatable bonds is 1. The molecule has 0 radical (unpaired) electrons. The zero-order chi connectivity index (χ0) is 13.9. The average Bonchev–Trinajstić information content (AvgIpc) is 2.24. The maximum absolute atomic E-state index is 12.8. The lowest BCUT2D eigenvalue weighted by atomic mass is 9.96. The van der Waals surface area contributed by atoms with Crippen molar-refractivity contribution in [1.82, 2.24) is 0 Å². The molecule has 0 aliphatic heterocycles. The van der Waals surface area contributed by atoms with Crippen molar-refractivity contribution in [3.05, 3.63) is 34.9 Å². The number of aliphatic hydroxyl groups excluding tert-OH is 1. The number of alkyl halides is 3. The molecule has 0 aromatic heterocycles. The van der Waals surface area contributed by atoms with Gasteiger partial charge in [0.2, 0.25) is 0 Å². The van der Waals surface area contributed by atoms with Crippen LogP contribution in [-0.2, 0) is 6.18 Å². The second kappa shape index (κ2) is 5.42. The van der Waals surface area contributed by atoms with Crippen LogP contribution in [0.3, 0.4) is 0 Å². The molecule has 18 heavy (non-hydrogen) atoms. The lowest BCUT2D eigenvalue weighted by molar-refractivity contribution is -0.137. The third-order valence-corrected chi connectivity index (χ3v) is 2.30. The second-order valence-corrected chi connectivity index (χ2v) is 4.00. The van der Waals surface area contributed by atoms with Crippen LogP contribution in [0.5, 0.6) is 0 Å². The number of aliphatic hydroxyl groups is 1. The summed E-state index contributed by atoms with van der Waals surface area (Å²) in [6, 6.07) is 3.20. The Labute approximate surface area is 104 Å². The highest BCUT2D eigenvalue weighted by Crippen LogP contribution is 2.34. The monoisotopic (exact) mass is 257 g/mol. The van der Waals surface area contributed by atoms with Crippen molar-refractivity contribution in [2.24, 2.45) is 5.73 Å². The minimum Gasteiger partial charge on any atom is -0.381 e. The van der Waals surface area contributed by atoms with Crippen LogP contribution in [0.15, 0.2) is 18.2 Å². The Morgan fingerprint density at radius 1 is 1.28 bits per heavy atom. The van der Waals surface area contributed by atoms with Gasteiger partial charge in [-0.25, -0.2) is 0 Å². The van der Waals surface area contributed by atoms with Gasteiger partial charge in [0, 0.05) is 11.6 Å². The smallest absolute Gasteiger partial charge is 0.381 e. The van der Waals surface area contributed by atoms with Gasteiger partial charge in [0.1, 0.15) is 6.10 Å². The first kappa shape index (κ1) is 14.6. The highest BCUT2D eigenvalue weighted by atomic mass is 19.4. The van der Waals surface area contributed by atoms with Crippen molar-refractivity contribution in [2.75, 3.05) is 0 Å². The van der Waals surface area contributed by atoms with E-state index >= 15 is 0 Å². The Morgan fingerprint density at radius 3 is 2.33 bits per heavy atom. The summed E-state index contributed by atoms with van der Waals surface area (Å²) in [6.45, 7) is 2.97. The van der Waals surface area contributed by atoms with E-state index in [-0.39, 0.29) is 5.56 Å². The van der Waals surface area contributed by atoms with Crippen LogP contribution in [0.2, 0.25) is 0 Å². The normalized spacial score (nSPS) is 14.6. The van der Waals surface area contributed by atoms with Gasteiger partial charge in [-0.1, -0.05) is 24.0 Å². The Hall–Kier alpha value is -1.51. The summed E-state index contributed by atoms with van der Waals surface area (Å²) < 4.78 is 38.5. The van der Waals surface area contributed by atoms with E-state index in [0.29, 0.717) is 5.56 Å². The third kappa shape index (κ3) is 3.49. The summed E-state index contributed by atoms with van der Waals surface area (Å²) in [7, 11) is 0. The number of hydrogen-bond acceptors (Lipinski definition) is 2. The molecule has 0 saturated heterocycles. The summed E-state index contributed by atoms with van der Waals surface area (Å²) in [4.78, 5) is 0. The summed E-state index contributed by atoms with van der Waals surface area (Å²) in [5.41, 5.74) is 4.96. The van der Waals surface area contributed by atoms with Gasteiger partial charge in [0.05, 0.1) is 5.56 Å². The predicted octanol–water partition coefficient (Wildman–Crippen LogP) is 2.46. The zero-order valence-corrected chi connectivity index (χ0v) is 10.0. The van der Waals surface area contributed by atoms with E-state index in [1.807, 2.05) is 0 Å². The highest BCUT2D eigenvalue weighted by molar-refractivity contribution is 5.50. The van der Waals surface area contributed by atoms with Crippen molar-refractivity contribution in [3.8, 4) is 11.8 Å². The van der Waals surface area contributed by atoms with Gasteiger partial charge >= 0.3 is 6.18 Å². The van der Waals surface area contributed by atoms with Gasteiger partial charge in [-0.3, -0.25) is 0 Å². The van der Waals surface area contributed by atoms with Crippen LogP contribution < -0.4 is 5.73 Å². The number of hydrogen-bond donors (Lipinski definition) is 2. The molecule has 3 N–H and O–H groups in total. The fourth-order valence-corrected chi connectivity index (χ4v) is 1.50. The molecule has 0 heterocycles. The lowest BCUT2D eigenvalue weighted by Gasteiger charge is -2.15. The van der Waals surface area contributed by atoms with E-state index < -0.39 is 23.9 Å². The second-order valence-electron chi connectivity index (χ2n) is 4.00. The SMILES string of the molecule is C[C@@H](O)C#Cc1c([C@@H](C)N)cccc1C(F)(F)F. The van der Waals surface area contributed by atoms with Gasteiger partial charge in [-0.15, -0.1) is 0 Å². The van der Waals surface area contributed by atoms with Crippen molar-refractivity contribution in [2.45, 2.75) is 32.2 Å². The highest BCUT2D eigenvalue weighted by Gasteiger charge is 2.34. The molecule has 2 atom stereocenters. The largest absolute Gasteiger partial charge is 0.417 e. The van der Waals surface area contributed by atoms with Crippen LogP contribution in [-0.4, -0.2) is 11.2 Å². The average molecular weight is 257 g/mol. The maximum Gasteiger partial charge on any atom is 0.417 e. The van der Waals surface area contributed by atoms with Gasteiger partial charge in [-0.2, -0.15) is 13.2 Å². The fraction of sp³-hybridized carbons (Fsp3) is 0.385. The minimum absolute atomic E-state index is 0.166. The molecule has 0 saturated carbocycles. The van der Waals surface area contributed by atoms with Gasteiger partial charge < -0.3 is 10.8 Å². The van der Waals surface area contributed by atoms with Crippen LogP contribution in [0, 0.1) is 11.8 Å². The first-order valence-electron chi connectivity index (χ1n) is 5.38. The van der Waals surface area contributed by atoms with Crippen LogP contribution >= 0.6 is 0 Å². The Morgan fingerprint density at radius 2 is 1.89 bits per heavy atom. The molecule has 0 aliphatic rings. The van der Waals surface area contributed by atoms with E-state index in [9.17, 15) is 13.2 Å². The van der Waals surface area contributed by atoms with Crippen LogP contribution in [0.25, 0.3) is 0 Å². The van der Waals surface area contributed by atoms with Gasteiger partial charge in [0.15, 0.2) is 0 Å². The van der Waals surface area contributed by atoms with E-state index in [4.69, 9.17) is 10.8 Å². The molecule has 0 amide bonds. The van der Waals surface area contributed by atoms with Crippen LogP contribution in [0.4, 0.5) is 13.2 Å².